The highest BCUT2D eigenvalue weighted by atomic mass is 19.1. The van der Waals surface area contributed by atoms with Crippen molar-refractivity contribution in [2.45, 2.75) is 13.3 Å². The summed E-state index contributed by atoms with van der Waals surface area (Å²) in [4.78, 5) is 11.5. The Kier molecular flexibility index (Phi) is 5.19. The van der Waals surface area contributed by atoms with Gasteiger partial charge in [0.2, 0.25) is 5.91 Å². The number of carbonyl (C=O) groups excluding carboxylic acids is 1. The second-order valence-corrected chi connectivity index (χ2v) is 7.12. The Labute approximate surface area is 173 Å². The van der Waals surface area contributed by atoms with Crippen molar-refractivity contribution in [3.63, 3.8) is 0 Å². The Morgan fingerprint density at radius 2 is 1.50 bits per heavy atom. The van der Waals surface area contributed by atoms with E-state index in [0.717, 1.165) is 27.8 Å². The van der Waals surface area contributed by atoms with Crippen molar-refractivity contribution in [2.24, 2.45) is 5.73 Å². The van der Waals surface area contributed by atoms with Gasteiger partial charge in [0.1, 0.15) is 23.1 Å². The van der Waals surface area contributed by atoms with Gasteiger partial charge in [-0.25, -0.2) is 8.78 Å². The van der Waals surface area contributed by atoms with Crippen molar-refractivity contribution in [1.29, 1.82) is 0 Å². The van der Waals surface area contributed by atoms with E-state index in [1.807, 2.05) is 37.3 Å². The number of hydrogen-bond acceptors (Lipinski definition) is 2. The summed E-state index contributed by atoms with van der Waals surface area (Å²) in [6, 6.07) is 17.8. The molecule has 0 spiro atoms. The van der Waals surface area contributed by atoms with Crippen LogP contribution >= 0.6 is 0 Å². The van der Waals surface area contributed by atoms with E-state index in [1.165, 1.54) is 24.3 Å². The molecule has 0 saturated heterocycles. The minimum atomic E-state index is -0.455. The second kappa shape index (κ2) is 7.95. The highest BCUT2D eigenvalue weighted by Crippen LogP contribution is 2.43. The first-order valence-electron chi connectivity index (χ1n) is 9.44. The molecule has 4 rings (SSSR count). The number of ether oxygens (including phenoxy) is 1. The molecule has 0 fully saturated rings. The highest BCUT2D eigenvalue weighted by Gasteiger charge is 2.25. The largest absolute Gasteiger partial charge is 0.457 e. The van der Waals surface area contributed by atoms with Gasteiger partial charge in [0.05, 0.1) is 6.42 Å². The van der Waals surface area contributed by atoms with Crippen LogP contribution in [0.2, 0.25) is 0 Å². The number of benzene rings is 3. The van der Waals surface area contributed by atoms with Gasteiger partial charge < -0.3 is 10.5 Å². The summed E-state index contributed by atoms with van der Waals surface area (Å²) >= 11 is 0. The van der Waals surface area contributed by atoms with Gasteiger partial charge in [-0.15, -0.1) is 0 Å². The number of hydrogen-bond donors (Lipinski definition) is 1. The molecule has 3 aromatic carbocycles. The molecule has 0 atom stereocenters. The lowest BCUT2D eigenvalue weighted by atomic mass is 10.0. The quantitative estimate of drug-likeness (QED) is 0.571. The summed E-state index contributed by atoms with van der Waals surface area (Å²) in [5.74, 6) is 0.0406. The number of fused-ring (bicyclic) bond motifs is 1. The zero-order valence-corrected chi connectivity index (χ0v) is 16.3. The van der Waals surface area contributed by atoms with Crippen LogP contribution in [-0.2, 0) is 4.79 Å². The highest BCUT2D eigenvalue weighted by molar-refractivity contribution is 6.08. The van der Waals surface area contributed by atoms with Gasteiger partial charge >= 0.3 is 0 Å². The maximum Gasteiger partial charge on any atom is 0.221 e. The molecular weight excluding hydrogens is 384 g/mol. The van der Waals surface area contributed by atoms with Gasteiger partial charge in [-0.2, -0.15) is 0 Å². The molecule has 0 heterocycles. The van der Waals surface area contributed by atoms with Crippen molar-refractivity contribution in [2.75, 3.05) is 0 Å². The average Bonchev–Trinajstić information content (AvgIpc) is 2.96. The Morgan fingerprint density at radius 3 is 2.13 bits per heavy atom. The van der Waals surface area contributed by atoms with E-state index in [2.05, 4.69) is 0 Å². The number of primary amides is 1. The lowest BCUT2D eigenvalue weighted by Gasteiger charge is -2.07. The van der Waals surface area contributed by atoms with Crippen LogP contribution < -0.4 is 10.5 Å². The number of halogens is 2. The van der Waals surface area contributed by atoms with Gasteiger partial charge in [0.25, 0.3) is 0 Å². The topological polar surface area (TPSA) is 52.3 Å². The molecule has 3 nitrogen and oxygen atoms in total. The summed E-state index contributed by atoms with van der Waals surface area (Å²) in [7, 11) is 0. The predicted molar refractivity (Wildman–Crippen MR) is 114 cm³/mol. The van der Waals surface area contributed by atoms with Crippen LogP contribution in [0.5, 0.6) is 11.5 Å². The van der Waals surface area contributed by atoms with Gasteiger partial charge in [0.15, 0.2) is 0 Å². The van der Waals surface area contributed by atoms with Crippen molar-refractivity contribution < 1.29 is 18.3 Å². The summed E-state index contributed by atoms with van der Waals surface area (Å²) in [5.41, 5.74) is 10.5. The monoisotopic (exact) mass is 403 g/mol. The van der Waals surface area contributed by atoms with Crippen LogP contribution in [0.1, 0.15) is 30.0 Å². The van der Waals surface area contributed by atoms with E-state index >= 15 is 0 Å². The lowest BCUT2D eigenvalue weighted by molar-refractivity contribution is -0.117. The number of rotatable bonds is 5. The van der Waals surface area contributed by atoms with Crippen LogP contribution in [0.25, 0.3) is 17.2 Å². The van der Waals surface area contributed by atoms with E-state index in [9.17, 15) is 13.6 Å². The fourth-order valence-corrected chi connectivity index (χ4v) is 3.59. The molecule has 0 saturated carbocycles. The van der Waals surface area contributed by atoms with Crippen molar-refractivity contribution in [3.05, 3.63) is 101 Å². The minimum absolute atomic E-state index is 0.0596. The van der Waals surface area contributed by atoms with E-state index in [1.54, 1.807) is 18.2 Å². The molecular formula is C25H19F2NO2. The first kappa shape index (κ1) is 19.6. The zero-order valence-electron chi connectivity index (χ0n) is 16.3. The summed E-state index contributed by atoms with van der Waals surface area (Å²) in [5, 5.41) is 0. The fraction of sp³-hybridized carbons (Fsp3) is 0.0800. The average molecular weight is 403 g/mol. The molecule has 1 aliphatic rings. The standard InChI is InChI=1S/C25H19F2NO2/c1-15-22(21-11-6-18(27)13-24(21)23(15)14-25(28)29)12-16-2-7-19(8-3-16)30-20-9-4-17(26)5-10-20/h2-13H,14H2,1H3,(H2,28,29)/b22-12-. The lowest BCUT2D eigenvalue weighted by Crippen LogP contribution is -2.10. The number of carbonyl (C=O) groups is 1. The molecule has 0 aromatic heterocycles. The molecule has 30 heavy (non-hydrogen) atoms. The maximum atomic E-state index is 13.8. The van der Waals surface area contributed by atoms with E-state index in [4.69, 9.17) is 10.5 Å². The van der Waals surface area contributed by atoms with Crippen LogP contribution in [0, 0.1) is 11.6 Å². The minimum Gasteiger partial charge on any atom is -0.457 e. The molecule has 2 N–H and O–H groups in total. The first-order valence-corrected chi connectivity index (χ1v) is 9.44. The summed E-state index contributed by atoms with van der Waals surface area (Å²) < 4.78 is 32.5. The van der Waals surface area contributed by atoms with E-state index < -0.39 is 5.91 Å². The number of nitrogens with two attached hydrogens (primary N) is 1. The Hall–Kier alpha value is -3.73. The molecule has 0 aliphatic heterocycles. The van der Waals surface area contributed by atoms with Crippen LogP contribution in [0.15, 0.2) is 72.3 Å². The zero-order chi connectivity index (χ0) is 21.3. The van der Waals surface area contributed by atoms with Gasteiger partial charge in [-0.3, -0.25) is 4.79 Å². The molecule has 0 bridgehead atoms. The van der Waals surface area contributed by atoms with Crippen molar-refractivity contribution in [3.8, 4) is 11.5 Å². The van der Waals surface area contributed by atoms with Gasteiger partial charge in [-0.1, -0.05) is 18.2 Å². The Morgan fingerprint density at radius 1 is 0.900 bits per heavy atom. The number of allylic oxidation sites excluding steroid dienone is 2. The SMILES string of the molecule is CC1=C(CC(N)=O)c2cc(F)ccc2/C1=C\c1ccc(Oc2ccc(F)cc2)cc1. The number of amides is 1. The smallest absolute Gasteiger partial charge is 0.221 e. The predicted octanol–water partition coefficient (Wildman–Crippen LogP) is 5.96. The van der Waals surface area contributed by atoms with Gasteiger partial charge in [-0.05, 0) is 94.9 Å². The van der Waals surface area contributed by atoms with Crippen molar-refractivity contribution in [1.82, 2.24) is 0 Å². The normalized spacial score (nSPS) is 14.2. The van der Waals surface area contributed by atoms with Crippen LogP contribution in [-0.4, -0.2) is 5.91 Å². The molecule has 3 aromatic rings. The third kappa shape index (κ3) is 4.01. The molecule has 5 heteroatoms. The van der Waals surface area contributed by atoms with Crippen LogP contribution in [0.3, 0.4) is 0 Å². The summed E-state index contributed by atoms with van der Waals surface area (Å²) in [6.45, 7) is 1.91. The second-order valence-electron chi connectivity index (χ2n) is 7.12. The fourth-order valence-electron chi connectivity index (χ4n) is 3.59. The third-order valence-electron chi connectivity index (χ3n) is 5.05. The molecule has 0 radical (unpaired) electrons. The summed E-state index contributed by atoms with van der Waals surface area (Å²) in [6.07, 6.45) is 2.05. The molecule has 1 aliphatic carbocycles. The van der Waals surface area contributed by atoms with E-state index in [-0.39, 0.29) is 18.1 Å². The first-order chi connectivity index (χ1) is 14.4. The van der Waals surface area contributed by atoms with Gasteiger partial charge in [0, 0.05) is 0 Å². The molecule has 150 valence electrons. The maximum absolute atomic E-state index is 13.8. The Bertz CT molecular complexity index is 1180. The molecule has 0 unspecified atom stereocenters. The third-order valence-corrected chi connectivity index (χ3v) is 5.05. The van der Waals surface area contributed by atoms with E-state index in [0.29, 0.717) is 17.1 Å². The van der Waals surface area contributed by atoms with Crippen molar-refractivity contribution >= 4 is 23.1 Å². The Balaban J connectivity index is 1.64. The molecule has 1 amide bonds. The van der Waals surface area contributed by atoms with Crippen LogP contribution in [0.4, 0.5) is 8.78 Å².